The zero-order valence-corrected chi connectivity index (χ0v) is 17.4. The predicted molar refractivity (Wildman–Crippen MR) is 106 cm³/mol. The molecule has 0 spiro atoms. The summed E-state index contributed by atoms with van der Waals surface area (Å²) in [6, 6.07) is 0.575. The molecule has 0 aromatic heterocycles. The van der Waals surface area contributed by atoms with Gasteiger partial charge in [-0.3, -0.25) is 4.99 Å². The van der Waals surface area contributed by atoms with E-state index in [1.807, 2.05) is 20.8 Å². The van der Waals surface area contributed by atoms with Crippen LogP contribution in [0, 0.1) is 5.92 Å². The third-order valence-electron chi connectivity index (χ3n) is 3.44. The number of halogens is 1. The van der Waals surface area contributed by atoms with E-state index in [1.165, 1.54) is 19.3 Å². The number of amides is 1. The average Bonchev–Trinajstić information content (AvgIpc) is 3.13. The molecule has 1 amide bonds. The second-order valence-corrected chi connectivity index (χ2v) is 6.82. The van der Waals surface area contributed by atoms with Gasteiger partial charge in [0.25, 0.3) is 0 Å². The number of nitrogens with zero attached hydrogens (tertiary/aromatic N) is 1. The van der Waals surface area contributed by atoms with Crippen molar-refractivity contribution in [1.29, 1.82) is 0 Å². The lowest BCUT2D eigenvalue weighted by atomic mass is 10.2. The zero-order valence-electron chi connectivity index (χ0n) is 15.1. The maximum Gasteiger partial charge on any atom is 0.407 e. The molecule has 1 rings (SSSR count). The summed E-state index contributed by atoms with van der Waals surface area (Å²) in [7, 11) is 1.78. The van der Waals surface area contributed by atoms with Crippen molar-refractivity contribution in [2.24, 2.45) is 10.9 Å². The van der Waals surface area contributed by atoms with Gasteiger partial charge in [0.15, 0.2) is 5.96 Å². The lowest BCUT2D eigenvalue weighted by Crippen LogP contribution is -2.40. The fourth-order valence-electron chi connectivity index (χ4n) is 2.28. The highest BCUT2D eigenvalue weighted by molar-refractivity contribution is 14.0. The van der Waals surface area contributed by atoms with Crippen molar-refractivity contribution in [1.82, 2.24) is 16.0 Å². The van der Waals surface area contributed by atoms with Crippen LogP contribution >= 0.6 is 24.0 Å². The van der Waals surface area contributed by atoms with Gasteiger partial charge in [0.05, 0.1) is 0 Å². The van der Waals surface area contributed by atoms with Crippen molar-refractivity contribution >= 4 is 36.0 Å². The van der Waals surface area contributed by atoms with Gasteiger partial charge in [-0.1, -0.05) is 13.3 Å². The number of carbonyl (C=O) groups is 1. The van der Waals surface area contributed by atoms with Gasteiger partial charge in [0.2, 0.25) is 0 Å². The third kappa shape index (κ3) is 10.6. The van der Waals surface area contributed by atoms with Gasteiger partial charge in [0.1, 0.15) is 5.60 Å². The number of guanidine groups is 1. The monoisotopic (exact) mass is 440 g/mol. The summed E-state index contributed by atoms with van der Waals surface area (Å²) in [6.45, 7) is 9.13. The molecule has 0 aliphatic heterocycles. The second-order valence-electron chi connectivity index (χ2n) is 6.82. The molecule has 0 aromatic rings. The van der Waals surface area contributed by atoms with Crippen LogP contribution in [-0.4, -0.2) is 43.8 Å². The first-order valence-corrected chi connectivity index (χ1v) is 8.29. The molecule has 7 heteroatoms. The minimum atomic E-state index is -0.451. The van der Waals surface area contributed by atoms with Crippen LogP contribution in [0.3, 0.4) is 0 Å². The molecule has 1 aliphatic rings. The van der Waals surface area contributed by atoms with E-state index in [4.69, 9.17) is 4.74 Å². The molecule has 136 valence electrons. The van der Waals surface area contributed by atoms with Crippen LogP contribution in [0.5, 0.6) is 0 Å². The molecular weight excluding hydrogens is 407 g/mol. The number of hydrogen-bond donors (Lipinski definition) is 3. The molecule has 3 N–H and O–H groups in total. The lowest BCUT2D eigenvalue weighted by molar-refractivity contribution is 0.0527. The maximum atomic E-state index is 11.5. The van der Waals surface area contributed by atoms with E-state index in [0.717, 1.165) is 24.8 Å². The number of ether oxygens (including phenoxy) is 1. The summed E-state index contributed by atoms with van der Waals surface area (Å²) in [5.74, 6) is 1.65. The Kier molecular flexibility index (Phi) is 10.6. The Morgan fingerprint density at radius 2 is 1.91 bits per heavy atom. The molecule has 0 aromatic carbocycles. The van der Waals surface area contributed by atoms with Gasteiger partial charge in [-0.2, -0.15) is 0 Å². The van der Waals surface area contributed by atoms with E-state index in [-0.39, 0.29) is 30.1 Å². The first-order valence-electron chi connectivity index (χ1n) is 8.29. The molecule has 0 bridgehead atoms. The Morgan fingerprint density at radius 3 is 2.48 bits per heavy atom. The van der Waals surface area contributed by atoms with Gasteiger partial charge in [-0.05, 0) is 46.0 Å². The zero-order chi connectivity index (χ0) is 16.6. The quantitative estimate of drug-likeness (QED) is 0.246. The Labute approximate surface area is 157 Å². The minimum Gasteiger partial charge on any atom is -0.444 e. The molecule has 6 nitrogen and oxygen atoms in total. The smallest absolute Gasteiger partial charge is 0.407 e. The number of carbonyl (C=O) groups excluding carboxylic acids is 1. The normalized spacial score (nSPS) is 20.3. The van der Waals surface area contributed by atoms with Crippen LogP contribution in [0.25, 0.3) is 0 Å². The van der Waals surface area contributed by atoms with Crippen LogP contribution in [-0.2, 0) is 4.74 Å². The number of hydrogen-bond acceptors (Lipinski definition) is 3. The van der Waals surface area contributed by atoms with Crippen LogP contribution in [0.1, 0.15) is 53.4 Å². The standard InChI is InChI=1S/C16H32N4O2.HI/c1-6-8-12-11-13(12)20-14(17-5)18-9-7-10-19-15(21)22-16(2,3)4;/h12-13H,6-11H2,1-5H3,(H,19,21)(H2,17,18,20);1H. The summed E-state index contributed by atoms with van der Waals surface area (Å²) in [5, 5.41) is 9.45. The van der Waals surface area contributed by atoms with Crippen molar-refractivity contribution in [2.45, 2.75) is 65.0 Å². The summed E-state index contributed by atoms with van der Waals surface area (Å²) in [4.78, 5) is 15.7. The highest BCUT2D eigenvalue weighted by Crippen LogP contribution is 2.34. The first kappa shape index (κ1) is 22.3. The Morgan fingerprint density at radius 1 is 1.26 bits per heavy atom. The van der Waals surface area contributed by atoms with Gasteiger partial charge in [0, 0.05) is 26.2 Å². The van der Waals surface area contributed by atoms with Crippen LogP contribution < -0.4 is 16.0 Å². The summed E-state index contributed by atoms with van der Waals surface area (Å²) in [6.07, 6.45) is 4.23. The molecular formula is C16H33IN4O2. The maximum absolute atomic E-state index is 11.5. The Hall–Kier alpha value is -0.730. The molecule has 23 heavy (non-hydrogen) atoms. The van der Waals surface area contributed by atoms with Crippen molar-refractivity contribution in [3.05, 3.63) is 0 Å². The minimum absolute atomic E-state index is 0. The third-order valence-corrected chi connectivity index (χ3v) is 3.44. The molecule has 0 radical (unpaired) electrons. The first-order chi connectivity index (χ1) is 10.4. The van der Waals surface area contributed by atoms with Crippen LogP contribution in [0.2, 0.25) is 0 Å². The molecule has 1 saturated carbocycles. The van der Waals surface area contributed by atoms with E-state index in [9.17, 15) is 4.79 Å². The fourth-order valence-corrected chi connectivity index (χ4v) is 2.28. The molecule has 1 aliphatic carbocycles. The van der Waals surface area contributed by atoms with E-state index >= 15 is 0 Å². The van der Waals surface area contributed by atoms with Crippen LogP contribution in [0.4, 0.5) is 4.79 Å². The van der Waals surface area contributed by atoms with Gasteiger partial charge in [-0.25, -0.2) is 4.79 Å². The topological polar surface area (TPSA) is 74.8 Å². The SMILES string of the molecule is CCCC1CC1NC(=NC)NCCCNC(=O)OC(C)(C)C.I. The van der Waals surface area contributed by atoms with Crippen molar-refractivity contribution in [3.63, 3.8) is 0 Å². The molecule has 1 fully saturated rings. The second kappa shape index (κ2) is 10.9. The number of aliphatic imine (C=N–C) groups is 1. The highest BCUT2D eigenvalue weighted by atomic mass is 127. The van der Waals surface area contributed by atoms with Gasteiger partial charge < -0.3 is 20.7 Å². The van der Waals surface area contributed by atoms with Crippen molar-refractivity contribution in [2.75, 3.05) is 20.1 Å². The lowest BCUT2D eigenvalue weighted by Gasteiger charge is -2.19. The van der Waals surface area contributed by atoms with E-state index < -0.39 is 5.60 Å². The molecule has 2 atom stereocenters. The van der Waals surface area contributed by atoms with Crippen LogP contribution in [0.15, 0.2) is 4.99 Å². The summed E-state index contributed by atoms with van der Waals surface area (Å²) >= 11 is 0. The number of rotatable bonds is 7. The van der Waals surface area contributed by atoms with Crippen molar-refractivity contribution < 1.29 is 9.53 Å². The molecule has 2 unspecified atom stereocenters. The van der Waals surface area contributed by atoms with E-state index in [0.29, 0.717) is 12.6 Å². The predicted octanol–water partition coefficient (Wildman–Crippen LogP) is 2.87. The largest absolute Gasteiger partial charge is 0.444 e. The summed E-state index contributed by atoms with van der Waals surface area (Å²) < 4.78 is 5.18. The Bertz CT molecular complexity index is 383. The van der Waals surface area contributed by atoms with Gasteiger partial charge in [-0.15, -0.1) is 24.0 Å². The summed E-state index contributed by atoms with van der Waals surface area (Å²) in [5.41, 5.74) is -0.451. The molecule has 0 heterocycles. The average molecular weight is 440 g/mol. The highest BCUT2D eigenvalue weighted by Gasteiger charge is 2.36. The number of alkyl carbamates (subject to hydrolysis) is 1. The fraction of sp³-hybridized carbons (Fsp3) is 0.875. The number of nitrogens with one attached hydrogen (secondary N) is 3. The van der Waals surface area contributed by atoms with E-state index in [1.54, 1.807) is 7.05 Å². The Balaban J connectivity index is 0.00000484. The van der Waals surface area contributed by atoms with Crippen molar-refractivity contribution in [3.8, 4) is 0 Å². The van der Waals surface area contributed by atoms with E-state index in [2.05, 4.69) is 27.9 Å². The van der Waals surface area contributed by atoms with Gasteiger partial charge >= 0.3 is 6.09 Å². The molecule has 0 saturated heterocycles.